The summed E-state index contributed by atoms with van der Waals surface area (Å²) in [6, 6.07) is 17.9. The van der Waals surface area contributed by atoms with E-state index in [4.69, 9.17) is 4.42 Å². The first kappa shape index (κ1) is 25.9. The Morgan fingerprint density at radius 1 is 0.868 bits per heavy atom. The number of benzene rings is 2. The zero-order valence-electron chi connectivity index (χ0n) is 22.0. The van der Waals surface area contributed by atoms with E-state index in [-0.39, 0.29) is 17.6 Å². The molecule has 1 saturated carbocycles. The topological polar surface area (TPSA) is 89.9 Å². The molecule has 2 aliphatic rings. The molecule has 2 heterocycles. The second-order valence-electron chi connectivity index (χ2n) is 10.1. The van der Waals surface area contributed by atoms with E-state index in [1.807, 2.05) is 12.1 Å². The van der Waals surface area contributed by atoms with Crippen LogP contribution in [-0.4, -0.2) is 57.1 Å². The van der Waals surface area contributed by atoms with Crippen LogP contribution in [0.1, 0.15) is 52.2 Å². The van der Waals surface area contributed by atoms with Gasteiger partial charge < -0.3 is 30.2 Å². The Labute approximate surface area is 224 Å². The van der Waals surface area contributed by atoms with Crippen molar-refractivity contribution in [2.24, 2.45) is 0 Å². The summed E-state index contributed by atoms with van der Waals surface area (Å²) in [6.07, 6.45) is 6.47. The first-order valence-electron chi connectivity index (χ1n) is 13.6. The zero-order valence-corrected chi connectivity index (χ0v) is 22.0. The van der Waals surface area contributed by atoms with E-state index in [1.54, 1.807) is 18.2 Å². The molecular formula is C30H37N5O3. The molecule has 1 saturated heterocycles. The van der Waals surface area contributed by atoms with Crippen molar-refractivity contribution in [2.45, 2.75) is 38.6 Å². The largest absolute Gasteiger partial charge is 0.459 e. The van der Waals surface area contributed by atoms with Crippen LogP contribution in [0.2, 0.25) is 0 Å². The first-order chi connectivity index (χ1) is 18.6. The predicted molar refractivity (Wildman–Crippen MR) is 151 cm³/mol. The van der Waals surface area contributed by atoms with Gasteiger partial charge in [0.05, 0.1) is 17.6 Å². The van der Waals surface area contributed by atoms with Crippen molar-refractivity contribution < 1.29 is 14.0 Å². The van der Waals surface area contributed by atoms with Gasteiger partial charge in [0.1, 0.15) is 0 Å². The number of hydrogen-bond donors (Lipinski definition) is 3. The molecule has 1 aliphatic heterocycles. The maximum atomic E-state index is 12.9. The van der Waals surface area contributed by atoms with Crippen LogP contribution in [0.25, 0.3) is 0 Å². The Morgan fingerprint density at radius 2 is 1.61 bits per heavy atom. The van der Waals surface area contributed by atoms with Gasteiger partial charge in [-0.25, -0.2) is 0 Å². The predicted octanol–water partition coefficient (Wildman–Crippen LogP) is 4.43. The van der Waals surface area contributed by atoms with Crippen molar-refractivity contribution in [3.63, 3.8) is 0 Å². The van der Waals surface area contributed by atoms with Gasteiger partial charge in [-0.05, 0) is 61.7 Å². The maximum Gasteiger partial charge on any atom is 0.291 e. The lowest BCUT2D eigenvalue weighted by Crippen LogP contribution is -2.47. The number of anilines is 3. The smallest absolute Gasteiger partial charge is 0.291 e. The number of furan rings is 1. The summed E-state index contributed by atoms with van der Waals surface area (Å²) >= 11 is 0. The van der Waals surface area contributed by atoms with Crippen LogP contribution < -0.4 is 25.8 Å². The van der Waals surface area contributed by atoms with Crippen LogP contribution in [-0.2, 0) is 0 Å². The van der Waals surface area contributed by atoms with Crippen LogP contribution >= 0.6 is 0 Å². The molecule has 0 atom stereocenters. The van der Waals surface area contributed by atoms with E-state index < -0.39 is 0 Å². The lowest BCUT2D eigenvalue weighted by Gasteiger charge is -2.38. The second-order valence-corrected chi connectivity index (χ2v) is 10.1. The highest BCUT2D eigenvalue weighted by atomic mass is 16.3. The molecule has 0 radical (unpaired) electrons. The van der Waals surface area contributed by atoms with Crippen molar-refractivity contribution >= 4 is 28.9 Å². The summed E-state index contributed by atoms with van der Waals surface area (Å²) in [5, 5.41) is 9.51. The monoisotopic (exact) mass is 515 g/mol. The number of aryl methyl sites for hydroxylation is 1. The van der Waals surface area contributed by atoms with Crippen LogP contribution in [0.5, 0.6) is 0 Å². The summed E-state index contributed by atoms with van der Waals surface area (Å²) in [7, 11) is 0. The Bertz CT molecular complexity index is 1230. The van der Waals surface area contributed by atoms with Crippen molar-refractivity contribution in [3.05, 3.63) is 77.7 Å². The molecule has 3 N–H and O–H groups in total. The Kier molecular flexibility index (Phi) is 8.28. The zero-order chi connectivity index (χ0) is 26.3. The van der Waals surface area contributed by atoms with Crippen molar-refractivity contribution in [3.8, 4) is 0 Å². The van der Waals surface area contributed by atoms with Gasteiger partial charge in [-0.2, -0.15) is 0 Å². The van der Waals surface area contributed by atoms with Crippen molar-refractivity contribution in [1.82, 2.24) is 10.6 Å². The summed E-state index contributed by atoms with van der Waals surface area (Å²) < 4.78 is 5.29. The molecule has 0 spiro atoms. The number of carbonyl (C=O) groups excluding carboxylic acids is 2. The average molecular weight is 516 g/mol. The number of amides is 2. The van der Waals surface area contributed by atoms with E-state index in [0.717, 1.165) is 38.4 Å². The highest BCUT2D eigenvalue weighted by molar-refractivity contribution is 6.05. The molecular weight excluding hydrogens is 478 g/mol. The van der Waals surface area contributed by atoms with Crippen LogP contribution in [0.3, 0.4) is 0 Å². The van der Waals surface area contributed by atoms with Gasteiger partial charge in [-0.1, -0.05) is 31.0 Å². The number of piperazine rings is 1. The highest BCUT2D eigenvalue weighted by Crippen LogP contribution is 2.30. The van der Waals surface area contributed by atoms with Gasteiger partial charge in [0.15, 0.2) is 5.76 Å². The standard InChI is InChI=1S/C30H37N5O3/c1-22-7-2-5-10-26(22)34-16-18-35(19-17-34)27-13-12-23(21-25(27)33-30(37)28-11-6-20-38-28)29(36)32-15-14-31-24-8-3-4-9-24/h2,5-7,10-13,20-21,24,31H,3-4,8-9,14-19H2,1H3,(H,32,36)(H,33,37). The van der Waals surface area contributed by atoms with E-state index in [2.05, 4.69) is 56.9 Å². The lowest BCUT2D eigenvalue weighted by molar-refractivity contribution is 0.0951. The molecule has 0 bridgehead atoms. The number of para-hydroxylation sites is 1. The molecule has 8 heteroatoms. The number of rotatable bonds is 9. The molecule has 200 valence electrons. The lowest BCUT2D eigenvalue weighted by atomic mass is 10.1. The Balaban J connectivity index is 1.27. The minimum Gasteiger partial charge on any atom is -0.459 e. The first-order valence-corrected chi connectivity index (χ1v) is 13.6. The van der Waals surface area contributed by atoms with Crippen molar-refractivity contribution in [1.29, 1.82) is 0 Å². The van der Waals surface area contributed by atoms with Gasteiger partial charge >= 0.3 is 0 Å². The third-order valence-corrected chi connectivity index (χ3v) is 7.53. The van der Waals surface area contributed by atoms with Gasteiger partial charge in [0.2, 0.25) is 0 Å². The van der Waals surface area contributed by atoms with Gasteiger partial charge in [-0.3, -0.25) is 9.59 Å². The molecule has 38 heavy (non-hydrogen) atoms. The molecule has 5 rings (SSSR count). The highest BCUT2D eigenvalue weighted by Gasteiger charge is 2.23. The Morgan fingerprint density at radius 3 is 2.32 bits per heavy atom. The minimum absolute atomic E-state index is 0.150. The van der Waals surface area contributed by atoms with Crippen LogP contribution in [0.15, 0.2) is 65.3 Å². The normalized spacial score (nSPS) is 16.0. The molecule has 2 amide bonds. The second kappa shape index (κ2) is 12.2. The quantitative estimate of drug-likeness (QED) is 0.366. The number of nitrogens with one attached hydrogen (secondary N) is 3. The average Bonchev–Trinajstić information content (AvgIpc) is 3.67. The molecule has 3 aromatic rings. The summed E-state index contributed by atoms with van der Waals surface area (Å²) in [5.74, 6) is -0.260. The summed E-state index contributed by atoms with van der Waals surface area (Å²) in [5.41, 5.74) is 4.54. The van der Waals surface area contributed by atoms with Gasteiger partial charge in [-0.15, -0.1) is 0 Å². The Hall–Kier alpha value is -3.78. The molecule has 2 aromatic carbocycles. The number of nitrogens with zero attached hydrogens (tertiary/aromatic N) is 2. The molecule has 1 aliphatic carbocycles. The summed E-state index contributed by atoms with van der Waals surface area (Å²) in [6.45, 7) is 6.79. The summed E-state index contributed by atoms with van der Waals surface area (Å²) in [4.78, 5) is 30.5. The number of carbonyl (C=O) groups is 2. The fourth-order valence-corrected chi connectivity index (χ4v) is 5.44. The van der Waals surface area contributed by atoms with E-state index in [1.165, 1.54) is 43.2 Å². The van der Waals surface area contributed by atoms with E-state index in [0.29, 0.717) is 23.8 Å². The fourth-order valence-electron chi connectivity index (χ4n) is 5.44. The number of hydrogen-bond acceptors (Lipinski definition) is 6. The third-order valence-electron chi connectivity index (χ3n) is 7.53. The third kappa shape index (κ3) is 6.19. The van der Waals surface area contributed by atoms with E-state index in [9.17, 15) is 9.59 Å². The molecule has 8 nitrogen and oxygen atoms in total. The van der Waals surface area contributed by atoms with Crippen LogP contribution in [0, 0.1) is 6.92 Å². The van der Waals surface area contributed by atoms with Crippen LogP contribution in [0.4, 0.5) is 17.1 Å². The maximum absolute atomic E-state index is 12.9. The van der Waals surface area contributed by atoms with Crippen molar-refractivity contribution in [2.75, 3.05) is 54.4 Å². The van der Waals surface area contributed by atoms with Gasteiger partial charge in [0.25, 0.3) is 11.8 Å². The van der Waals surface area contributed by atoms with E-state index >= 15 is 0 Å². The molecule has 2 fully saturated rings. The minimum atomic E-state index is -0.340. The SMILES string of the molecule is Cc1ccccc1N1CCN(c2ccc(C(=O)NCCNC3CCCC3)cc2NC(=O)c2ccco2)CC1. The molecule has 0 unspecified atom stereocenters. The molecule has 1 aromatic heterocycles. The van der Waals surface area contributed by atoms with Gasteiger partial charge in [0, 0.05) is 56.6 Å². The fraction of sp³-hybridized carbons (Fsp3) is 0.400.